The SMILES string of the molecule is NCCCOc1ccc(S(=O)(=O)NCc2ccco2)cc1. The van der Waals surface area contributed by atoms with Crippen molar-refractivity contribution in [1.82, 2.24) is 4.72 Å². The lowest BCUT2D eigenvalue weighted by atomic mass is 10.3. The van der Waals surface area contributed by atoms with Crippen molar-refractivity contribution in [3.63, 3.8) is 0 Å². The monoisotopic (exact) mass is 310 g/mol. The van der Waals surface area contributed by atoms with E-state index in [0.29, 0.717) is 24.7 Å². The standard InChI is InChI=1S/C14H18N2O4S/c15-8-2-10-19-12-4-6-14(7-5-12)21(17,18)16-11-13-3-1-9-20-13/h1,3-7,9,16H,2,8,10-11,15H2. The van der Waals surface area contributed by atoms with Crippen LogP contribution >= 0.6 is 0 Å². The molecule has 21 heavy (non-hydrogen) atoms. The zero-order chi connectivity index (χ0) is 15.1. The Kier molecular flexibility index (Phi) is 5.38. The molecule has 1 aromatic heterocycles. The van der Waals surface area contributed by atoms with E-state index in [2.05, 4.69) is 4.72 Å². The Hall–Kier alpha value is -1.83. The minimum absolute atomic E-state index is 0.115. The van der Waals surface area contributed by atoms with Gasteiger partial charge in [0.25, 0.3) is 0 Å². The summed E-state index contributed by atoms with van der Waals surface area (Å²) < 4.78 is 37.2. The predicted molar refractivity (Wildman–Crippen MR) is 78.3 cm³/mol. The van der Waals surface area contributed by atoms with E-state index >= 15 is 0 Å². The molecule has 6 nitrogen and oxygen atoms in total. The second-order valence-corrected chi connectivity index (χ2v) is 6.13. The van der Waals surface area contributed by atoms with Crippen LogP contribution in [0, 0.1) is 0 Å². The average molecular weight is 310 g/mol. The molecule has 2 rings (SSSR count). The number of sulfonamides is 1. The molecule has 7 heteroatoms. The highest BCUT2D eigenvalue weighted by Gasteiger charge is 2.14. The van der Waals surface area contributed by atoms with Crippen molar-refractivity contribution < 1.29 is 17.6 Å². The maximum absolute atomic E-state index is 12.1. The number of hydrogen-bond acceptors (Lipinski definition) is 5. The fourth-order valence-corrected chi connectivity index (χ4v) is 2.64. The molecular formula is C14H18N2O4S. The number of rotatable bonds is 8. The molecule has 1 heterocycles. The predicted octanol–water partition coefficient (Wildman–Crippen LogP) is 1.49. The topological polar surface area (TPSA) is 94.6 Å². The van der Waals surface area contributed by atoms with Crippen molar-refractivity contribution in [3.05, 3.63) is 48.4 Å². The van der Waals surface area contributed by atoms with Crippen molar-refractivity contribution >= 4 is 10.0 Å². The maximum Gasteiger partial charge on any atom is 0.240 e. The summed E-state index contributed by atoms with van der Waals surface area (Å²) in [7, 11) is -3.56. The van der Waals surface area contributed by atoms with E-state index in [9.17, 15) is 8.42 Å². The van der Waals surface area contributed by atoms with Crippen LogP contribution in [0.15, 0.2) is 52.0 Å². The third kappa shape index (κ3) is 4.59. The van der Waals surface area contributed by atoms with Crippen molar-refractivity contribution in [3.8, 4) is 5.75 Å². The van der Waals surface area contributed by atoms with E-state index in [1.165, 1.54) is 18.4 Å². The Morgan fingerprint density at radius 2 is 1.95 bits per heavy atom. The van der Waals surface area contributed by atoms with Gasteiger partial charge in [0.05, 0.1) is 24.3 Å². The smallest absolute Gasteiger partial charge is 0.240 e. The number of furan rings is 1. The van der Waals surface area contributed by atoms with Crippen LogP contribution in [0.1, 0.15) is 12.2 Å². The van der Waals surface area contributed by atoms with E-state index in [-0.39, 0.29) is 11.4 Å². The Morgan fingerprint density at radius 3 is 2.57 bits per heavy atom. The first-order chi connectivity index (χ1) is 10.1. The molecule has 114 valence electrons. The summed E-state index contributed by atoms with van der Waals surface area (Å²) in [5.74, 6) is 1.17. The largest absolute Gasteiger partial charge is 0.494 e. The first-order valence-electron chi connectivity index (χ1n) is 6.57. The normalized spacial score (nSPS) is 11.5. The summed E-state index contributed by atoms with van der Waals surface area (Å²) in [4.78, 5) is 0.181. The zero-order valence-corrected chi connectivity index (χ0v) is 12.3. The van der Waals surface area contributed by atoms with Crippen molar-refractivity contribution in [2.45, 2.75) is 17.9 Å². The molecule has 0 fully saturated rings. The van der Waals surface area contributed by atoms with Crippen LogP contribution in [0.3, 0.4) is 0 Å². The first kappa shape index (κ1) is 15.6. The minimum Gasteiger partial charge on any atom is -0.494 e. The van der Waals surface area contributed by atoms with Gasteiger partial charge >= 0.3 is 0 Å². The average Bonchev–Trinajstić information content (AvgIpc) is 3.00. The molecule has 3 N–H and O–H groups in total. The van der Waals surface area contributed by atoms with Crippen molar-refractivity contribution in [1.29, 1.82) is 0 Å². The van der Waals surface area contributed by atoms with Gasteiger partial charge in [-0.3, -0.25) is 0 Å². The Labute approximate surface area is 124 Å². The van der Waals surface area contributed by atoms with Gasteiger partial charge in [0.2, 0.25) is 10.0 Å². The first-order valence-corrected chi connectivity index (χ1v) is 8.05. The van der Waals surface area contributed by atoms with Gasteiger partial charge in [0.15, 0.2) is 0 Å². The molecule has 0 saturated heterocycles. The number of nitrogens with one attached hydrogen (secondary N) is 1. The lowest BCUT2D eigenvalue weighted by Gasteiger charge is -2.08. The number of benzene rings is 1. The number of hydrogen-bond donors (Lipinski definition) is 2. The lowest BCUT2D eigenvalue weighted by molar-refractivity contribution is 0.313. The Balaban J connectivity index is 1.96. The molecule has 0 spiro atoms. The van der Waals surface area contributed by atoms with Gasteiger partial charge in [0.1, 0.15) is 11.5 Å². The van der Waals surface area contributed by atoms with E-state index < -0.39 is 10.0 Å². The molecule has 0 unspecified atom stereocenters. The van der Waals surface area contributed by atoms with Crippen LogP contribution in [-0.2, 0) is 16.6 Å². The fraction of sp³-hybridized carbons (Fsp3) is 0.286. The summed E-state index contributed by atoms with van der Waals surface area (Å²) in [5.41, 5.74) is 5.37. The van der Waals surface area contributed by atoms with Crippen LogP contribution in [0.25, 0.3) is 0 Å². The second-order valence-electron chi connectivity index (χ2n) is 4.37. The molecule has 0 atom stereocenters. The highest BCUT2D eigenvalue weighted by molar-refractivity contribution is 7.89. The highest BCUT2D eigenvalue weighted by atomic mass is 32.2. The van der Waals surface area contributed by atoms with E-state index in [4.69, 9.17) is 14.9 Å². The van der Waals surface area contributed by atoms with Gasteiger partial charge < -0.3 is 14.9 Å². The van der Waals surface area contributed by atoms with Crippen LogP contribution in [0.2, 0.25) is 0 Å². The molecule has 0 aliphatic heterocycles. The third-order valence-electron chi connectivity index (χ3n) is 2.77. The molecule has 2 aromatic rings. The molecule has 0 saturated carbocycles. The lowest BCUT2D eigenvalue weighted by Crippen LogP contribution is -2.22. The van der Waals surface area contributed by atoms with Gasteiger partial charge in [-0.1, -0.05) is 0 Å². The Bertz CT molecular complexity index is 636. The summed E-state index contributed by atoms with van der Waals surface area (Å²) >= 11 is 0. The Morgan fingerprint density at radius 1 is 1.19 bits per heavy atom. The van der Waals surface area contributed by atoms with Crippen LogP contribution in [-0.4, -0.2) is 21.6 Å². The highest BCUT2D eigenvalue weighted by Crippen LogP contribution is 2.16. The van der Waals surface area contributed by atoms with Gasteiger partial charge in [0, 0.05) is 0 Å². The van der Waals surface area contributed by atoms with Gasteiger partial charge in [-0.15, -0.1) is 0 Å². The molecule has 0 aliphatic rings. The molecule has 0 bridgehead atoms. The molecule has 0 amide bonds. The zero-order valence-electron chi connectivity index (χ0n) is 11.5. The van der Waals surface area contributed by atoms with E-state index in [1.54, 1.807) is 24.3 Å². The molecule has 0 radical (unpaired) electrons. The van der Waals surface area contributed by atoms with Crippen molar-refractivity contribution in [2.75, 3.05) is 13.2 Å². The van der Waals surface area contributed by atoms with Crippen LogP contribution in [0.5, 0.6) is 5.75 Å². The summed E-state index contributed by atoms with van der Waals surface area (Å²) in [6.07, 6.45) is 2.25. The molecular weight excluding hydrogens is 292 g/mol. The minimum atomic E-state index is -3.56. The summed E-state index contributed by atoms with van der Waals surface area (Å²) in [6, 6.07) is 9.66. The third-order valence-corrected chi connectivity index (χ3v) is 4.18. The summed E-state index contributed by atoms with van der Waals surface area (Å²) in [6.45, 7) is 1.19. The number of nitrogens with two attached hydrogens (primary N) is 1. The van der Waals surface area contributed by atoms with Gasteiger partial charge in [-0.05, 0) is 49.4 Å². The van der Waals surface area contributed by atoms with Crippen molar-refractivity contribution in [2.24, 2.45) is 5.73 Å². The van der Waals surface area contributed by atoms with Gasteiger partial charge in [-0.2, -0.15) is 0 Å². The molecule has 1 aromatic carbocycles. The van der Waals surface area contributed by atoms with E-state index in [0.717, 1.165) is 6.42 Å². The maximum atomic E-state index is 12.1. The fourth-order valence-electron chi connectivity index (χ4n) is 1.65. The molecule has 0 aliphatic carbocycles. The quantitative estimate of drug-likeness (QED) is 0.720. The number of ether oxygens (including phenoxy) is 1. The van der Waals surface area contributed by atoms with Crippen LogP contribution in [0.4, 0.5) is 0 Å². The summed E-state index contributed by atoms with van der Waals surface area (Å²) in [5, 5.41) is 0. The van der Waals surface area contributed by atoms with Gasteiger partial charge in [-0.25, -0.2) is 13.1 Å². The van der Waals surface area contributed by atoms with Crippen LogP contribution < -0.4 is 15.2 Å². The second kappa shape index (κ2) is 7.26. The van der Waals surface area contributed by atoms with E-state index in [1.807, 2.05) is 0 Å².